The molecule has 0 aromatic heterocycles. The van der Waals surface area contributed by atoms with Gasteiger partial charge in [0.1, 0.15) is 13.2 Å². The van der Waals surface area contributed by atoms with Crippen LogP contribution in [0.25, 0.3) is 0 Å². The van der Waals surface area contributed by atoms with Crippen LogP contribution in [0.5, 0.6) is 0 Å². The zero-order chi connectivity index (χ0) is 54.3. The Bertz CT molecular complexity index is 1190. The minimum absolute atomic E-state index is 0.0796. The van der Waals surface area contributed by atoms with E-state index >= 15 is 0 Å². The Hall–Kier alpha value is -2.37. The fourth-order valence-corrected chi connectivity index (χ4v) is 10.0. The van der Waals surface area contributed by atoms with Crippen LogP contribution in [-0.2, 0) is 28.6 Å². The topological polar surface area (TPSA) is 78.9 Å². The van der Waals surface area contributed by atoms with Gasteiger partial charge in [0.25, 0.3) is 0 Å². The molecule has 0 spiro atoms. The third-order valence-electron chi connectivity index (χ3n) is 15.1. The summed E-state index contributed by atoms with van der Waals surface area (Å²) in [5, 5.41) is 0. The largest absolute Gasteiger partial charge is 0.462 e. The molecule has 0 radical (unpaired) electrons. The van der Waals surface area contributed by atoms with Gasteiger partial charge >= 0.3 is 17.9 Å². The molecule has 0 atom stereocenters. The van der Waals surface area contributed by atoms with Crippen molar-refractivity contribution < 1.29 is 28.6 Å². The Balaban J connectivity index is 4.37. The molecule has 440 valence electrons. The van der Waals surface area contributed by atoms with Gasteiger partial charge in [-0.3, -0.25) is 14.4 Å². The maximum Gasteiger partial charge on any atom is 0.306 e. The molecule has 0 fully saturated rings. The number of hydrogen-bond acceptors (Lipinski definition) is 6. The highest BCUT2D eigenvalue weighted by atomic mass is 16.6. The third kappa shape index (κ3) is 62.4. The van der Waals surface area contributed by atoms with Crippen molar-refractivity contribution in [2.75, 3.05) is 13.2 Å². The molecule has 0 aromatic carbocycles. The zero-order valence-corrected chi connectivity index (χ0v) is 50.6. The molecule has 0 N–H and O–H groups in total. The van der Waals surface area contributed by atoms with E-state index in [2.05, 4.69) is 57.2 Å². The third-order valence-corrected chi connectivity index (χ3v) is 15.1. The van der Waals surface area contributed by atoms with Crippen molar-refractivity contribution >= 4 is 17.9 Å². The summed E-state index contributed by atoms with van der Waals surface area (Å²) >= 11 is 0. The smallest absolute Gasteiger partial charge is 0.306 e. The lowest BCUT2D eigenvalue weighted by atomic mass is 10.1. The number of carbonyl (C=O) groups is 3. The first kappa shape index (κ1) is 72.6. The number of carbonyl (C=O) groups excluding carboxylic acids is 3. The molecule has 0 aliphatic carbocycles. The molecule has 0 saturated carbocycles. The van der Waals surface area contributed by atoms with Crippen LogP contribution in [0, 0.1) is 0 Å². The SMILES string of the molecule is CCCCCCCCCCCC/C=C/CCCCCCCC(=O)OCC(COC(=O)CCCCCCC/C=C/CCCCCCCCCCCC)OC(=O)CCCCCCC/C=C/CCCCCCCCCCCC. The summed E-state index contributed by atoms with van der Waals surface area (Å²) in [7, 11) is 0. The van der Waals surface area contributed by atoms with Crippen LogP contribution < -0.4 is 0 Å². The molecule has 0 heterocycles. The van der Waals surface area contributed by atoms with Crippen molar-refractivity contribution in [2.24, 2.45) is 0 Å². The van der Waals surface area contributed by atoms with Gasteiger partial charge < -0.3 is 14.2 Å². The number of allylic oxidation sites excluding steroid dienone is 6. The van der Waals surface area contributed by atoms with Gasteiger partial charge in [0, 0.05) is 19.3 Å². The molecule has 0 saturated heterocycles. The molecular weight excluding hydrogens is 925 g/mol. The van der Waals surface area contributed by atoms with Crippen LogP contribution in [-0.4, -0.2) is 37.2 Å². The summed E-state index contributed by atoms with van der Waals surface area (Å²) in [6.07, 6.45) is 78.7. The summed E-state index contributed by atoms with van der Waals surface area (Å²) in [5.41, 5.74) is 0. The van der Waals surface area contributed by atoms with Gasteiger partial charge in [-0.15, -0.1) is 0 Å². The average molecular weight is 1050 g/mol. The minimum atomic E-state index is -0.783. The lowest BCUT2D eigenvalue weighted by Crippen LogP contribution is -2.30. The Kier molecular flexibility index (Phi) is 62.1. The van der Waals surface area contributed by atoms with Gasteiger partial charge in [-0.05, 0) is 96.3 Å². The molecule has 0 aromatic rings. The standard InChI is InChI=1S/C69H128O6/c1-4-7-10-13-16-19-22-25-28-31-34-37-40-43-46-49-52-55-58-61-67(70)73-64-66(75-69(72)63-60-57-54-51-48-45-42-39-36-33-30-27-24-21-18-15-12-9-6-3)65-74-68(71)62-59-56-53-50-47-44-41-38-35-32-29-26-23-20-17-14-11-8-5-2/h37-42,66H,4-36,43-65H2,1-3H3/b40-37+,41-38+,42-39+. The van der Waals surface area contributed by atoms with Crippen molar-refractivity contribution in [1.82, 2.24) is 0 Å². The van der Waals surface area contributed by atoms with E-state index in [1.807, 2.05) is 0 Å². The molecule has 6 nitrogen and oxygen atoms in total. The van der Waals surface area contributed by atoms with E-state index in [0.29, 0.717) is 19.3 Å². The quantitative estimate of drug-likeness (QED) is 0.0261. The van der Waals surface area contributed by atoms with E-state index in [-0.39, 0.29) is 31.1 Å². The van der Waals surface area contributed by atoms with Crippen molar-refractivity contribution in [3.05, 3.63) is 36.5 Å². The molecule has 0 amide bonds. The van der Waals surface area contributed by atoms with Crippen molar-refractivity contribution in [2.45, 2.75) is 374 Å². The first-order valence-corrected chi connectivity index (χ1v) is 33.5. The average Bonchev–Trinajstić information content (AvgIpc) is 3.41. The van der Waals surface area contributed by atoms with E-state index in [1.54, 1.807) is 0 Å². The highest BCUT2D eigenvalue weighted by molar-refractivity contribution is 5.71. The maximum atomic E-state index is 12.9. The van der Waals surface area contributed by atoms with Crippen LogP contribution in [0.3, 0.4) is 0 Å². The first-order valence-electron chi connectivity index (χ1n) is 33.5. The number of hydrogen-bond donors (Lipinski definition) is 0. The second-order valence-corrected chi connectivity index (χ2v) is 22.7. The number of unbranched alkanes of at least 4 members (excludes halogenated alkanes) is 45. The highest BCUT2D eigenvalue weighted by Crippen LogP contribution is 2.17. The fraction of sp³-hybridized carbons (Fsp3) is 0.870. The van der Waals surface area contributed by atoms with E-state index in [9.17, 15) is 14.4 Å². The van der Waals surface area contributed by atoms with Crippen LogP contribution in [0.4, 0.5) is 0 Å². The molecule has 0 bridgehead atoms. The Morgan fingerprint density at radius 2 is 0.440 bits per heavy atom. The second-order valence-electron chi connectivity index (χ2n) is 22.7. The fourth-order valence-electron chi connectivity index (χ4n) is 10.0. The predicted octanol–water partition coefficient (Wildman–Crippen LogP) is 22.8. The molecule has 0 rings (SSSR count). The molecule has 0 unspecified atom stereocenters. The number of rotatable bonds is 62. The van der Waals surface area contributed by atoms with Crippen molar-refractivity contribution in [3.63, 3.8) is 0 Å². The second kappa shape index (κ2) is 64.2. The maximum absolute atomic E-state index is 12.9. The van der Waals surface area contributed by atoms with Crippen molar-refractivity contribution in [3.8, 4) is 0 Å². The van der Waals surface area contributed by atoms with E-state index in [4.69, 9.17) is 14.2 Å². The zero-order valence-electron chi connectivity index (χ0n) is 50.6. The van der Waals surface area contributed by atoms with E-state index in [1.165, 1.54) is 250 Å². The highest BCUT2D eigenvalue weighted by Gasteiger charge is 2.19. The van der Waals surface area contributed by atoms with E-state index in [0.717, 1.165) is 77.0 Å². The minimum Gasteiger partial charge on any atom is -0.462 e. The molecule has 75 heavy (non-hydrogen) atoms. The van der Waals surface area contributed by atoms with Gasteiger partial charge in [-0.25, -0.2) is 0 Å². The summed E-state index contributed by atoms with van der Waals surface area (Å²) in [6, 6.07) is 0. The molecule has 6 heteroatoms. The molecular formula is C69H128O6. The monoisotopic (exact) mass is 1050 g/mol. The number of ether oxygens (including phenoxy) is 3. The Labute approximate surface area is 467 Å². The Morgan fingerprint density at radius 3 is 0.667 bits per heavy atom. The number of esters is 3. The van der Waals surface area contributed by atoms with Crippen LogP contribution in [0.15, 0.2) is 36.5 Å². The summed E-state index contributed by atoms with van der Waals surface area (Å²) < 4.78 is 17.0. The normalized spacial score (nSPS) is 11.8. The summed E-state index contributed by atoms with van der Waals surface area (Å²) in [5.74, 6) is -0.879. The lowest BCUT2D eigenvalue weighted by Gasteiger charge is -2.18. The molecule has 0 aliphatic rings. The Morgan fingerprint density at radius 1 is 0.253 bits per heavy atom. The van der Waals surface area contributed by atoms with Gasteiger partial charge in [-0.2, -0.15) is 0 Å². The molecule has 0 aliphatic heterocycles. The van der Waals surface area contributed by atoms with Crippen molar-refractivity contribution in [1.29, 1.82) is 0 Å². The van der Waals surface area contributed by atoms with Crippen LogP contribution in [0.2, 0.25) is 0 Å². The van der Waals surface area contributed by atoms with Crippen LogP contribution >= 0.6 is 0 Å². The first-order chi connectivity index (χ1) is 37.0. The van der Waals surface area contributed by atoms with Gasteiger partial charge in [0.2, 0.25) is 0 Å². The van der Waals surface area contributed by atoms with Gasteiger partial charge in [0.05, 0.1) is 0 Å². The van der Waals surface area contributed by atoms with Gasteiger partial charge in [0.15, 0.2) is 6.10 Å². The summed E-state index contributed by atoms with van der Waals surface area (Å²) in [6.45, 7) is 6.69. The van der Waals surface area contributed by atoms with E-state index < -0.39 is 6.10 Å². The summed E-state index contributed by atoms with van der Waals surface area (Å²) in [4.78, 5) is 38.4. The van der Waals surface area contributed by atoms with Crippen LogP contribution in [0.1, 0.15) is 367 Å². The predicted molar refractivity (Wildman–Crippen MR) is 326 cm³/mol. The van der Waals surface area contributed by atoms with Gasteiger partial charge in [-0.1, -0.05) is 288 Å². The lowest BCUT2D eigenvalue weighted by molar-refractivity contribution is -0.167.